The van der Waals surface area contributed by atoms with Crippen molar-refractivity contribution in [2.24, 2.45) is 0 Å². The summed E-state index contributed by atoms with van der Waals surface area (Å²) >= 11 is 0. The summed E-state index contributed by atoms with van der Waals surface area (Å²) in [6, 6.07) is 5.79. The molecule has 2 aliphatic heterocycles. The molecule has 1 N–H and O–H groups in total. The van der Waals surface area contributed by atoms with Crippen molar-refractivity contribution in [1.82, 2.24) is 20.4 Å². The van der Waals surface area contributed by atoms with Crippen LogP contribution in [0.4, 0.5) is 4.39 Å². The van der Waals surface area contributed by atoms with Crippen LogP contribution in [0.1, 0.15) is 23.5 Å². The van der Waals surface area contributed by atoms with Gasteiger partial charge in [-0.1, -0.05) is 11.2 Å². The van der Waals surface area contributed by atoms with Crippen molar-refractivity contribution in [3.8, 4) is 11.5 Å². The van der Waals surface area contributed by atoms with Crippen LogP contribution < -0.4 is 5.32 Å². The van der Waals surface area contributed by atoms with Crippen LogP contribution >= 0.6 is 0 Å². The Labute approximate surface area is 144 Å². The molecule has 0 aliphatic carbocycles. The minimum absolute atomic E-state index is 0.0543. The van der Waals surface area contributed by atoms with E-state index in [4.69, 9.17) is 9.26 Å². The van der Waals surface area contributed by atoms with E-state index in [1.165, 1.54) is 12.1 Å². The predicted molar refractivity (Wildman–Crippen MR) is 86.4 cm³/mol. The van der Waals surface area contributed by atoms with Gasteiger partial charge < -0.3 is 14.6 Å². The number of carbonyl (C=O) groups excluding carboxylic acids is 1. The summed E-state index contributed by atoms with van der Waals surface area (Å²) in [6.45, 7) is 3.09. The molecule has 8 heteroatoms. The molecule has 2 bridgehead atoms. The van der Waals surface area contributed by atoms with Gasteiger partial charge in [-0.3, -0.25) is 9.69 Å². The number of halogens is 1. The Balaban J connectivity index is 1.30. The van der Waals surface area contributed by atoms with Crippen molar-refractivity contribution < 1.29 is 18.4 Å². The van der Waals surface area contributed by atoms with Crippen LogP contribution in [0.25, 0.3) is 11.5 Å². The Morgan fingerprint density at radius 3 is 2.88 bits per heavy atom. The fraction of sp³-hybridized carbons (Fsp3) is 0.471. The number of hydrogen-bond donors (Lipinski definition) is 1. The molecule has 2 unspecified atom stereocenters. The number of nitrogens with one attached hydrogen (secondary N) is 1. The van der Waals surface area contributed by atoms with Gasteiger partial charge in [0.25, 0.3) is 17.6 Å². The molecule has 25 heavy (non-hydrogen) atoms. The molecule has 3 heterocycles. The van der Waals surface area contributed by atoms with Crippen molar-refractivity contribution in [1.29, 1.82) is 0 Å². The lowest BCUT2D eigenvalue weighted by molar-refractivity contribution is -0.0375. The summed E-state index contributed by atoms with van der Waals surface area (Å²) in [5.41, 5.74) is 0.440. The number of hydrogen-bond acceptors (Lipinski definition) is 6. The molecule has 0 spiro atoms. The van der Waals surface area contributed by atoms with Gasteiger partial charge in [0.05, 0.1) is 12.2 Å². The number of fused-ring (bicyclic) bond motifs is 2. The number of likely N-dealkylation sites (tertiary alicyclic amines) is 1. The summed E-state index contributed by atoms with van der Waals surface area (Å²) in [7, 11) is 0. The Morgan fingerprint density at radius 1 is 1.32 bits per heavy atom. The SMILES string of the molecule is O=C(NCCN1CC2CCC(C1)O2)c1noc(-c2cccc(F)c2)n1. The van der Waals surface area contributed by atoms with E-state index in [0.717, 1.165) is 32.5 Å². The van der Waals surface area contributed by atoms with Gasteiger partial charge in [-0.2, -0.15) is 4.98 Å². The average Bonchev–Trinajstić information content (AvgIpc) is 3.22. The quantitative estimate of drug-likeness (QED) is 0.883. The second kappa shape index (κ2) is 6.89. The third kappa shape index (κ3) is 3.69. The van der Waals surface area contributed by atoms with Crippen LogP contribution in [0.2, 0.25) is 0 Å². The number of ether oxygens (including phenoxy) is 1. The first-order valence-corrected chi connectivity index (χ1v) is 8.43. The van der Waals surface area contributed by atoms with Gasteiger partial charge in [0, 0.05) is 31.7 Å². The molecule has 4 rings (SSSR count). The summed E-state index contributed by atoms with van der Waals surface area (Å²) in [4.78, 5) is 18.5. The van der Waals surface area contributed by atoms with E-state index in [0.29, 0.717) is 24.3 Å². The molecular weight excluding hydrogens is 327 g/mol. The Kier molecular flexibility index (Phi) is 4.46. The van der Waals surface area contributed by atoms with E-state index < -0.39 is 11.7 Å². The number of morpholine rings is 1. The molecule has 2 fully saturated rings. The van der Waals surface area contributed by atoms with E-state index in [1.54, 1.807) is 12.1 Å². The highest BCUT2D eigenvalue weighted by Crippen LogP contribution is 2.25. The van der Waals surface area contributed by atoms with Gasteiger partial charge in [-0.25, -0.2) is 4.39 Å². The highest BCUT2D eigenvalue weighted by Gasteiger charge is 2.33. The lowest BCUT2D eigenvalue weighted by Gasteiger charge is -2.31. The number of aromatic nitrogens is 2. The van der Waals surface area contributed by atoms with E-state index >= 15 is 0 Å². The molecule has 0 radical (unpaired) electrons. The first kappa shape index (κ1) is 16.2. The van der Waals surface area contributed by atoms with Crippen molar-refractivity contribution in [3.05, 3.63) is 35.9 Å². The largest absolute Gasteiger partial charge is 0.372 e. The van der Waals surface area contributed by atoms with Gasteiger partial charge in [-0.15, -0.1) is 0 Å². The Bertz CT molecular complexity index is 754. The van der Waals surface area contributed by atoms with Crippen molar-refractivity contribution in [2.75, 3.05) is 26.2 Å². The molecule has 0 saturated carbocycles. The zero-order chi connectivity index (χ0) is 17.2. The van der Waals surface area contributed by atoms with Gasteiger partial charge in [0.15, 0.2) is 0 Å². The average molecular weight is 346 g/mol. The highest BCUT2D eigenvalue weighted by molar-refractivity contribution is 5.90. The number of carbonyl (C=O) groups is 1. The highest BCUT2D eigenvalue weighted by atomic mass is 19.1. The standard InChI is InChI=1S/C17H19FN4O3/c18-12-3-1-2-11(8-12)17-20-15(21-25-17)16(23)19-6-7-22-9-13-4-5-14(10-22)24-13/h1-3,8,13-14H,4-7,9-10H2,(H,19,23). The lowest BCUT2D eigenvalue weighted by Crippen LogP contribution is -2.45. The molecular formula is C17H19FN4O3. The lowest BCUT2D eigenvalue weighted by atomic mass is 10.2. The topological polar surface area (TPSA) is 80.5 Å². The van der Waals surface area contributed by atoms with E-state index in [2.05, 4.69) is 20.4 Å². The smallest absolute Gasteiger partial charge is 0.292 e. The molecule has 1 amide bonds. The minimum Gasteiger partial charge on any atom is -0.372 e. The third-order valence-electron chi connectivity index (χ3n) is 4.53. The van der Waals surface area contributed by atoms with E-state index in [9.17, 15) is 9.18 Å². The summed E-state index contributed by atoms with van der Waals surface area (Å²) in [5.74, 6) is -0.737. The third-order valence-corrected chi connectivity index (χ3v) is 4.53. The second-order valence-corrected chi connectivity index (χ2v) is 6.41. The molecule has 2 aromatic rings. The van der Waals surface area contributed by atoms with Gasteiger partial charge in [0.1, 0.15) is 5.82 Å². The number of amides is 1. The maximum Gasteiger partial charge on any atom is 0.292 e. The first-order chi connectivity index (χ1) is 12.2. The van der Waals surface area contributed by atoms with Crippen LogP contribution in [0.5, 0.6) is 0 Å². The Morgan fingerprint density at radius 2 is 2.12 bits per heavy atom. The maximum atomic E-state index is 13.2. The van der Waals surface area contributed by atoms with Crippen LogP contribution in [-0.2, 0) is 4.74 Å². The van der Waals surface area contributed by atoms with Crippen molar-refractivity contribution >= 4 is 5.91 Å². The predicted octanol–water partition coefficient (Wildman–Crippen LogP) is 1.47. The van der Waals surface area contributed by atoms with E-state index in [-0.39, 0.29) is 11.7 Å². The first-order valence-electron chi connectivity index (χ1n) is 8.43. The summed E-state index contributed by atoms with van der Waals surface area (Å²) in [5, 5.41) is 6.46. The van der Waals surface area contributed by atoms with Crippen LogP contribution in [0, 0.1) is 5.82 Å². The zero-order valence-electron chi connectivity index (χ0n) is 13.7. The second-order valence-electron chi connectivity index (χ2n) is 6.41. The fourth-order valence-electron chi connectivity index (χ4n) is 3.34. The fourth-order valence-corrected chi connectivity index (χ4v) is 3.34. The number of rotatable bonds is 5. The molecule has 7 nitrogen and oxygen atoms in total. The molecule has 132 valence electrons. The Hall–Kier alpha value is -2.32. The minimum atomic E-state index is -0.402. The van der Waals surface area contributed by atoms with Crippen LogP contribution in [0.3, 0.4) is 0 Å². The summed E-state index contributed by atoms with van der Waals surface area (Å²) in [6.07, 6.45) is 2.92. The van der Waals surface area contributed by atoms with Crippen molar-refractivity contribution in [2.45, 2.75) is 25.0 Å². The zero-order valence-corrected chi connectivity index (χ0v) is 13.7. The molecule has 1 aromatic heterocycles. The van der Waals surface area contributed by atoms with Gasteiger partial charge >= 0.3 is 0 Å². The molecule has 1 aromatic carbocycles. The number of nitrogens with zero attached hydrogens (tertiary/aromatic N) is 3. The monoisotopic (exact) mass is 346 g/mol. The summed E-state index contributed by atoms with van der Waals surface area (Å²) < 4.78 is 24.1. The molecule has 2 atom stereocenters. The van der Waals surface area contributed by atoms with Crippen LogP contribution in [0.15, 0.2) is 28.8 Å². The van der Waals surface area contributed by atoms with Crippen LogP contribution in [-0.4, -0.2) is 59.3 Å². The molecule has 2 saturated heterocycles. The van der Waals surface area contributed by atoms with E-state index in [1.807, 2.05) is 0 Å². The van der Waals surface area contributed by atoms with Gasteiger partial charge in [0.2, 0.25) is 0 Å². The van der Waals surface area contributed by atoms with Gasteiger partial charge in [-0.05, 0) is 31.0 Å². The van der Waals surface area contributed by atoms with Crippen molar-refractivity contribution in [3.63, 3.8) is 0 Å². The maximum absolute atomic E-state index is 13.2. The number of benzene rings is 1. The molecule has 2 aliphatic rings. The normalized spacial score (nSPS) is 22.9.